The van der Waals surface area contributed by atoms with Gasteiger partial charge in [-0.05, 0) is 90.6 Å². The molecule has 0 aromatic heterocycles. The lowest BCUT2D eigenvalue weighted by atomic mass is 9.94. The van der Waals surface area contributed by atoms with E-state index in [0.717, 1.165) is 109 Å². The maximum atomic E-state index is 14.4. The van der Waals surface area contributed by atoms with Crippen LogP contribution in [0.4, 0.5) is 0 Å². The molecule has 3 fully saturated rings. The van der Waals surface area contributed by atoms with Crippen molar-refractivity contribution in [2.45, 2.75) is 88.9 Å². The quantitative estimate of drug-likeness (QED) is 0.141. The summed E-state index contributed by atoms with van der Waals surface area (Å²) < 4.78 is 5.56. The Balaban J connectivity index is 0.811. The number of hydrogen-bond donors (Lipinski definition) is 0. The largest absolute Gasteiger partial charge is 0.447 e. The fourth-order valence-electron chi connectivity index (χ4n) is 9.85. The van der Waals surface area contributed by atoms with E-state index in [1.807, 2.05) is 65.8 Å². The van der Waals surface area contributed by atoms with Gasteiger partial charge in [0, 0.05) is 62.2 Å². The van der Waals surface area contributed by atoms with E-state index in [0.29, 0.717) is 18.5 Å². The number of amides is 2. The number of carbonyl (C=O) groups excluding carboxylic acids is 3. The number of carbonyl (C=O) groups is 3. The van der Waals surface area contributed by atoms with E-state index in [-0.39, 0.29) is 29.9 Å². The SMILES string of the molecule is CC(=O)O[C@@H](C(=O)N1CCC[C@H]1C1=NC=C(c2ccc(-c3ccc(C4=CN=C([C@@H]5CCCN5C(=O)[C@@H](c5ccccc5)N5CCCCC5)C4)cc3)cc2)C1)c1ccccc1. The first-order valence-electron chi connectivity index (χ1n) is 21.8. The second kappa shape index (κ2) is 17.7. The molecule has 306 valence electrons. The molecule has 2 amide bonds. The second-order valence-corrected chi connectivity index (χ2v) is 16.7. The fraction of sp³-hybridized carbons (Fsp3) is 0.353. The van der Waals surface area contributed by atoms with Gasteiger partial charge in [-0.2, -0.15) is 0 Å². The van der Waals surface area contributed by atoms with Crippen LogP contribution in [0.3, 0.4) is 0 Å². The van der Waals surface area contributed by atoms with Crippen molar-refractivity contribution < 1.29 is 19.1 Å². The zero-order valence-electron chi connectivity index (χ0n) is 34.4. The summed E-state index contributed by atoms with van der Waals surface area (Å²) in [7, 11) is 0. The lowest BCUT2D eigenvalue weighted by molar-refractivity contribution is -0.159. The van der Waals surface area contributed by atoms with Gasteiger partial charge in [-0.25, -0.2) is 0 Å². The number of allylic oxidation sites excluding steroid dienone is 2. The zero-order valence-corrected chi connectivity index (χ0v) is 34.4. The van der Waals surface area contributed by atoms with Crippen molar-refractivity contribution >= 4 is 40.4 Å². The van der Waals surface area contributed by atoms with E-state index in [2.05, 4.69) is 70.5 Å². The van der Waals surface area contributed by atoms with E-state index < -0.39 is 12.1 Å². The van der Waals surface area contributed by atoms with Gasteiger partial charge < -0.3 is 14.5 Å². The van der Waals surface area contributed by atoms with Crippen molar-refractivity contribution in [3.8, 4) is 11.1 Å². The first-order chi connectivity index (χ1) is 29.4. The average molecular weight is 800 g/mol. The van der Waals surface area contributed by atoms with Gasteiger partial charge in [0.25, 0.3) is 5.91 Å². The van der Waals surface area contributed by atoms with E-state index in [9.17, 15) is 14.4 Å². The Hall–Kier alpha value is -5.93. The molecule has 3 saturated heterocycles. The van der Waals surface area contributed by atoms with Crippen LogP contribution in [0.15, 0.2) is 132 Å². The van der Waals surface area contributed by atoms with Crippen LogP contribution in [-0.4, -0.2) is 82.2 Å². The van der Waals surface area contributed by atoms with Crippen molar-refractivity contribution in [3.63, 3.8) is 0 Å². The molecule has 9 rings (SSSR count). The summed E-state index contributed by atoms with van der Waals surface area (Å²) in [6.07, 6.45) is 11.6. The topological polar surface area (TPSA) is 94.9 Å². The van der Waals surface area contributed by atoms with Gasteiger partial charge in [0.15, 0.2) is 0 Å². The molecular weight excluding hydrogens is 747 g/mol. The van der Waals surface area contributed by atoms with E-state index in [4.69, 9.17) is 14.7 Å². The summed E-state index contributed by atoms with van der Waals surface area (Å²) in [5, 5.41) is 0. The Morgan fingerprint density at radius 3 is 1.52 bits per heavy atom. The summed E-state index contributed by atoms with van der Waals surface area (Å²) in [5.74, 6) is -0.460. The van der Waals surface area contributed by atoms with E-state index >= 15 is 0 Å². The lowest BCUT2D eigenvalue weighted by Crippen LogP contribution is -2.48. The second-order valence-electron chi connectivity index (χ2n) is 16.7. The number of hydrogen-bond acceptors (Lipinski definition) is 7. The first kappa shape index (κ1) is 39.5. The van der Waals surface area contributed by atoms with Crippen molar-refractivity contribution in [1.82, 2.24) is 14.7 Å². The van der Waals surface area contributed by atoms with Crippen molar-refractivity contribution in [1.29, 1.82) is 0 Å². The lowest BCUT2D eigenvalue weighted by Gasteiger charge is -2.37. The molecule has 4 atom stereocenters. The van der Waals surface area contributed by atoms with Gasteiger partial charge in [-0.15, -0.1) is 0 Å². The summed E-state index contributed by atoms with van der Waals surface area (Å²) in [6.45, 7) is 4.66. The molecule has 9 heteroatoms. The molecule has 0 bridgehead atoms. The van der Waals surface area contributed by atoms with Crippen LogP contribution in [0.5, 0.6) is 0 Å². The molecule has 60 heavy (non-hydrogen) atoms. The zero-order chi connectivity index (χ0) is 41.0. The molecule has 4 aromatic carbocycles. The number of ether oxygens (including phenoxy) is 1. The van der Waals surface area contributed by atoms with Crippen LogP contribution in [-0.2, 0) is 19.1 Å². The molecule has 5 aliphatic rings. The molecule has 0 aliphatic carbocycles. The van der Waals surface area contributed by atoms with Gasteiger partial charge >= 0.3 is 5.97 Å². The third-order valence-electron chi connectivity index (χ3n) is 12.9. The minimum Gasteiger partial charge on any atom is -0.447 e. The third kappa shape index (κ3) is 8.28. The molecule has 0 radical (unpaired) electrons. The smallest absolute Gasteiger partial charge is 0.303 e. The standard InChI is InChI=1S/C51H53N5O4/c1-35(57)60-49(41-15-7-3-8-16-41)51(59)56-30-12-18-47(56)45-32-43(34-53-45)39-25-21-37(22-26-39)36-19-23-38(24-20-36)42-31-44(52-33-42)46-17-11-29-55(46)50(58)48(40-13-5-2-6-14-40)54-27-9-4-10-28-54/h2-3,5-8,13-16,19-26,33-34,46-49H,4,9-12,17-18,27-32H2,1H3/t46-,47-,48+,49+/m0/s1. The predicted molar refractivity (Wildman–Crippen MR) is 237 cm³/mol. The molecular formula is C51H53N5O4. The highest BCUT2D eigenvalue weighted by Crippen LogP contribution is 2.36. The molecule has 0 unspecified atom stereocenters. The maximum Gasteiger partial charge on any atom is 0.303 e. The minimum absolute atomic E-state index is 0.0374. The molecule has 4 aromatic rings. The van der Waals surface area contributed by atoms with Gasteiger partial charge in [0.2, 0.25) is 12.0 Å². The Kier molecular flexibility index (Phi) is 11.7. The molecule has 5 heterocycles. The Morgan fingerprint density at radius 2 is 1.02 bits per heavy atom. The van der Waals surface area contributed by atoms with Crippen molar-refractivity contribution in [2.24, 2.45) is 9.98 Å². The first-order valence-corrected chi connectivity index (χ1v) is 21.8. The summed E-state index contributed by atoms with van der Waals surface area (Å²) in [4.78, 5) is 56.4. The minimum atomic E-state index is -0.969. The molecule has 9 nitrogen and oxygen atoms in total. The predicted octanol–water partition coefficient (Wildman–Crippen LogP) is 9.24. The third-order valence-corrected chi connectivity index (χ3v) is 12.9. The van der Waals surface area contributed by atoms with E-state index in [1.54, 1.807) is 0 Å². The van der Waals surface area contributed by atoms with Crippen LogP contribution in [0.1, 0.15) is 99.1 Å². The number of rotatable bonds is 11. The number of esters is 1. The highest BCUT2D eigenvalue weighted by Gasteiger charge is 2.41. The van der Waals surface area contributed by atoms with Crippen LogP contribution in [0, 0.1) is 0 Å². The molecule has 0 N–H and O–H groups in total. The highest BCUT2D eigenvalue weighted by molar-refractivity contribution is 6.05. The summed E-state index contributed by atoms with van der Waals surface area (Å²) in [6, 6.07) is 36.6. The van der Waals surface area contributed by atoms with Crippen molar-refractivity contribution in [2.75, 3.05) is 26.2 Å². The number of nitrogens with zero attached hydrogens (tertiary/aromatic N) is 5. The van der Waals surface area contributed by atoms with E-state index in [1.165, 1.54) is 18.9 Å². The molecule has 0 saturated carbocycles. The van der Waals surface area contributed by atoms with Crippen molar-refractivity contribution in [3.05, 3.63) is 144 Å². The number of piperidine rings is 1. The van der Waals surface area contributed by atoms with Gasteiger partial charge in [-0.3, -0.25) is 29.3 Å². The van der Waals surface area contributed by atoms with Crippen LogP contribution in [0.25, 0.3) is 22.3 Å². The summed E-state index contributed by atoms with van der Waals surface area (Å²) in [5.41, 5.74) is 10.7. The van der Waals surface area contributed by atoms with Gasteiger partial charge in [-0.1, -0.05) is 116 Å². The van der Waals surface area contributed by atoms with Gasteiger partial charge in [0.05, 0.1) is 12.1 Å². The number of benzene rings is 4. The van der Waals surface area contributed by atoms with Crippen LogP contribution < -0.4 is 0 Å². The van der Waals surface area contributed by atoms with Gasteiger partial charge in [0.1, 0.15) is 6.04 Å². The molecule has 0 spiro atoms. The Morgan fingerprint density at radius 1 is 0.550 bits per heavy atom. The highest BCUT2D eigenvalue weighted by atomic mass is 16.5. The normalized spacial score (nSPS) is 21.6. The molecule has 5 aliphatic heterocycles. The fourth-order valence-corrected chi connectivity index (χ4v) is 9.85. The van der Waals surface area contributed by atoms with Crippen LogP contribution >= 0.6 is 0 Å². The number of likely N-dealkylation sites (tertiary alicyclic amines) is 3. The Labute approximate surface area is 353 Å². The Bertz CT molecular complexity index is 2330. The monoisotopic (exact) mass is 799 g/mol. The maximum absolute atomic E-state index is 14.4. The average Bonchev–Trinajstić information content (AvgIpc) is 4.14. The summed E-state index contributed by atoms with van der Waals surface area (Å²) >= 11 is 0. The van der Waals surface area contributed by atoms with Crippen LogP contribution in [0.2, 0.25) is 0 Å². The number of aliphatic imine (C=N–C) groups is 2.